The van der Waals surface area contributed by atoms with Crippen molar-refractivity contribution < 1.29 is 13.2 Å². The van der Waals surface area contributed by atoms with Crippen molar-refractivity contribution in [2.75, 3.05) is 6.54 Å². The van der Waals surface area contributed by atoms with Gasteiger partial charge in [0.05, 0.1) is 22.4 Å². The van der Waals surface area contributed by atoms with E-state index in [1.165, 1.54) is 18.5 Å². The monoisotopic (exact) mass is 387 g/mol. The first kappa shape index (κ1) is 18.3. The first-order chi connectivity index (χ1) is 13.4. The average Bonchev–Trinajstić information content (AvgIpc) is 2.68. The van der Waals surface area contributed by atoms with Gasteiger partial charge in [0.2, 0.25) is 0 Å². The molecule has 28 heavy (non-hydrogen) atoms. The van der Waals surface area contributed by atoms with Crippen molar-refractivity contribution in [2.45, 2.75) is 25.7 Å². The molecule has 0 unspecified atom stereocenters. The summed E-state index contributed by atoms with van der Waals surface area (Å²) in [5.41, 5.74) is 0.994. The average molecular weight is 387 g/mol. The van der Waals surface area contributed by atoms with Crippen LogP contribution in [0.1, 0.15) is 22.4 Å². The first-order valence-corrected chi connectivity index (χ1v) is 8.67. The van der Waals surface area contributed by atoms with Gasteiger partial charge in [-0.2, -0.15) is 13.2 Å². The molecule has 9 heteroatoms. The number of benzene rings is 1. The molecule has 0 aliphatic carbocycles. The van der Waals surface area contributed by atoms with E-state index in [9.17, 15) is 18.0 Å². The van der Waals surface area contributed by atoms with Crippen molar-refractivity contribution in [3.8, 4) is 11.4 Å². The van der Waals surface area contributed by atoms with Crippen LogP contribution in [0.4, 0.5) is 13.2 Å². The maximum Gasteiger partial charge on any atom is 0.416 e. The minimum absolute atomic E-state index is 0.114. The van der Waals surface area contributed by atoms with Crippen LogP contribution in [0.15, 0.2) is 47.8 Å². The lowest BCUT2D eigenvalue weighted by Crippen LogP contribution is -2.35. The Hall–Kier alpha value is -3.07. The van der Waals surface area contributed by atoms with E-state index in [0.717, 1.165) is 6.07 Å². The Labute approximate surface area is 158 Å². The maximum absolute atomic E-state index is 13.2. The number of H-pyrrole nitrogens is 1. The maximum atomic E-state index is 13.2. The van der Waals surface area contributed by atoms with Crippen LogP contribution in [0, 0.1) is 0 Å². The quantitative estimate of drug-likeness (QED) is 0.748. The minimum Gasteiger partial charge on any atom is -0.306 e. The zero-order valence-corrected chi connectivity index (χ0v) is 14.7. The zero-order valence-electron chi connectivity index (χ0n) is 14.7. The molecule has 1 aliphatic rings. The summed E-state index contributed by atoms with van der Waals surface area (Å²) >= 11 is 0. The van der Waals surface area contributed by atoms with Gasteiger partial charge in [0, 0.05) is 38.4 Å². The number of nitrogens with one attached hydrogen (secondary N) is 1. The third-order valence-corrected chi connectivity index (χ3v) is 4.70. The third kappa shape index (κ3) is 3.65. The number of alkyl halides is 3. The van der Waals surface area contributed by atoms with Crippen LogP contribution in [0.2, 0.25) is 0 Å². The summed E-state index contributed by atoms with van der Waals surface area (Å²) in [6.07, 6.45) is 0.572. The highest BCUT2D eigenvalue weighted by Crippen LogP contribution is 2.32. The normalized spacial score (nSPS) is 14.7. The molecule has 144 valence electrons. The number of rotatable bonds is 3. The van der Waals surface area contributed by atoms with E-state index in [0.29, 0.717) is 35.6 Å². The molecule has 0 saturated carbocycles. The van der Waals surface area contributed by atoms with E-state index in [-0.39, 0.29) is 24.2 Å². The van der Waals surface area contributed by atoms with Crippen LogP contribution < -0.4 is 5.56 Å². The van der Waals surface area contributed by atoms with E-state index >= 15 is 0 Å². The minimum atomic E-state index is -4.41. The molecule has 0 spiro atoms. The molecule has 1 aromatic carbocycles. The summed E-state index contributed by atoms with van der Waals surface area (Å²) < 4.78 is 39.7. The van der Waals surface area contributed by atoms with Gasteiger partial charge >= 0.3 is 6.18 Å². The number of nitrogens with zero attached hydrogens (tertiary/aromatic N) is 4. The lowest BCUT2D eigenvalue weighted by atomic mass is 10.0. The Kier molecular flexibility index (Phi) is 4.68. The first-order valence-electron chi connectivity index (χ1n) is 8.67. The van der Waals surface area contributed by atoms with Crippen molar-refractivity contribution in [2.24, 2.45) is 0 Å². The lowest BCUT2D eigenvalue weighted by molar-refractivity contribution is -0.138. The summed E-state index contributed by atoms with van der Waals surface area (Å²) in [5.74, 6) is 0.389. The fourth-order valence-corrected chi connectivity index (χ4v) is 3.35. The van der Waals surface area contributed by atoms with Crippen molar-refractivity contribution in [1.29, 1.82) is 0 Å². The molecule has 0 radical (unpaired) electrons. The summed E-state index contributed by atoms with van der Waals surface area (Å²) in [4.78, 5) is 29.4. The Bertz CT molecular complexity index is 1050. The molecule has 0 fully saturated rings. The zero-order chi connectivity index (χ0) is 19.7. The van der Waals surface area contributed by atoms with Crippen molar-refractivity contribution in [3.63, 3.8) is 0 Å². The molecular formula is C19H16F3N5O. The molecule has 1 aliphatic heterocycles. The Morgan fingerprint density at radius 1 is 1.14 bits per heavy atom. The standard InChI is InChI=1S/C19H16F3N5O/c20-19(21,22)15-4-2-1-3-12(15)9-27-6-5-16-14(10-27)18(28)26-17(25-16)13-7-23-11-24-8-13/h1-4,7-8,11H,5-6,9-10H2,(H,25,26,28). The number of hydrogen-bond donors (Lipinski definition) is 1. The van der Waals surface area contributed by atoms with Crippen molar-refractivity contribution >= 4 is 0 Å². The molecule has 3 heterocycles. The van der Waals surface area contributed by atoms with Crippen LogP contribution in [0.3, 0.4) is 0 Å². The van der Waals surface area contributed by atoms with Crippen LogP contribution >= 0.6 is 0 Å². The Morgan fingerprint density at radius 3 is 2.64 bits per heavy atom. The van der Waals surface area contributed by atoms with Crippen molar-refractivity contribution in [1.82, 2.24) is 24.8 Å². The number of fused-ring (bicyclic) bond motifs is 1. The van der Waals surface area contributed by atoms with E-state index < -0.39 is 11.7 Å². The highest BCUT2D eigenvalue weighted by Gasteiger charge is 2.33. The van der Waals surface area contributed by atoms with Gasteiger partial charge in [-0.3, -0.25) is 9.69 Å². The molecule has 3 aromatic rings. The van der Waals surface area contributed by atoms with Gasteiger partial charge in [0.25, 0.3) is 5.56 Å². The summed E-state index contributed by atoms with van der Waals surface area (Å²) in [6.45, 7) is 0.874. The lowest BCUT2D eigenvalue weighted by Gasteiger charge is -2.28. The fraction of sp³-hybridized carbons (Fsp3) is 0.263. The molecule has 0 amide bonds. The molecule has 1 N–H and O–H groups in total. The summed E-state index contributed by atoms with van der Waals surface area (Å²) in [5, 5.41) is 0. The van der Waals surface area contributed by atoms with Crippen LogP contribution in [-0.2, 0) is 25.7 Å². The highest BCUT2D eigenvalue weighted by atomic mass is 19.4. The summed E-state index contributed by atoms with van der Waals surface area (Å²) in [7, 11) is 0. The van der Waals surface area contributed by atoms with Gasteiger partial charge in [-0.25, -0.2) is 15.0 Å². The van der Waals surface area contributed by atoms with E-state index in [4.69, 9.17) is 0 Å². The summed E-state index contributed by atoms with van der Waals surface area (Å²) in [6, 6.07) is 5.52. The van der Waals surface area contributed by atoms with Crippen LogP contribution in [-0.4, -0.2) is 31.4 Å². The third-order valence-electron chi connectivity index (χ3n) is 4.70. The van der Waals surface area contributed by atoms with Gasteiger partial charge in [-0.1, -0.05) is 18.2 Å². The Morgan fingerprint density at radius 2 is 1.89 bits per heavy atom. The number of aromatic nitrogens is 4. The molecule has 0 saturated heterocycles. The van der Waals surface area contributed by atoms with Crippen molar-refractivity contribution in [3.05, 3.63) is 75.7 Å². The Balaban J connectivity index is 1.59. The van der Waals surface area contributed by atoms with Gasteiger partial charge in [0.15, 0.2) is 0 Å². The second-order valence-electron chi connectivity index (χ2n) is 6.58. The van der Waals surface area contributed by atoms with E-state index in [1.807, 2.05) is 4.90 Å². The number of hydrogen-bond acceptors (Lipinski definition) is 5. The van der Waals surface area contributed by atoms with Gasteiger partial charge in [0.1, 0.15) is 12.2 Å². The smallest absolute Gasteiger partial charge is 0.306 e. The molecule has 2 aromatic heterocycles. The fourth-order valence-electron chi connectivity index (χ4n) is 3.35. The number of aromatic amines is 1. The molecule has 4 rings (SSSR count). The van der Waals surface area contributed by atoms with Gasteiger partial charge in [-0.15, -0.1) is 0 Å². The van der Waals surface area contributed by atoms with E-state index in [2.05, 4.69) is 19.9 Å². The molecule has 0 bridgehead atoms. The van der Waals surface area contributed by atoms with E-state index in [1.54, 1.807) is 18.5 Å². The van der Waals surface area contributed by atoms with Crippen LogP contribution in [0.25, 0.3) is 11.4 Å². The SMILES string of the molecule is O=c1[nH]c(-c2cncnc2)nc2c1CN(Cc1ccccc1C(F)(F)F)CC2. The molecule has 6 nitrogen and oxygen atoms in total. The number of halogens is 3. The predicted molar refractivity (Wildman–Crippen MR) is 95.1 cm³/mol. The van der Waals surface area contributed by atoms with Gasteiger partial charge < -0.3 is 4.98 Å². The topological polar surface area (TPSA) is 74.8 Å². The molecular weight excluding hydrogens is 371 g/mol. The molecule has 0 atom stereocenters. The second kappa shape index (κ2) is 7.16. The second-order valence-corrected chi connectivity index (χ2v) is 6.58. The highest BCUT2D eigenvalue weighted by molar-refractivity contribution is 5.52. The van der Waals surface area contributed by atoms with Gasteiger partial charge in [-0.05, 0) is 11.6 Å². The largest absolute Gasteiger partial charge is 0.416 e. The predicted octanol–water partition coefficient (Wildman–Crippen LogP) is 2.80. The van der Waals surface area contributed by atoms with Crippen LogP contribution in [0.5, 0.6) is 0 Å².